The quantitative estimate of drug-likeness (QED) is 0.730. The second-order valence-electron chi connectivity index (χ2n) is 4.73. The van der Waals surface area contributed by atoms with Gasteiger partial charge in [0.05, 0.1) is 13.3 Å². The fourth-order valence-electron chi connectivity index (χ4n) is 1.46. The van der Waals surface area contributed by atoms with E-state index in [9.17, 15) is 0 Å². The summed E-state index contributed by atoms with van der Waals surface area (Å²) in [4.78, 5) is 0. The summed E-state index contributed by atoms with van der Waals surface area (Å²) in [5, 5.41) is 0. The largest absolute Gasteiger partial charge is 0.496 e. The fourth-order valence-corrected chi connectivity index (χ4v) is 1.46. The van der Waals surface area contributed by atoms with E-state index in [1.165, 1.54) is 5.56 Å². The predicted molar refractivity (Wildman–Crippen MR) is 62.8 cm³/mol. The van der Waals surface area contributed by atoms with Crippen LogP contribution in [-0.2, 0) is 5.41 Å². The van der Waals surface area contributed by atoms with Gasteiger partial charge in [-0.15, -0.1) is 0 Å². The first-order chi connectivity index (χ1) is 6.86. The zero-order valence-electron chi connectivity index (χ0n) is 9.87. The molecule has 0 fully saturated rings. The molecule has 0 aromatic heterocycles. The molecule has 1 rings (SSSR count). The van der Waals surface area contributed by atoms with Gasteiger partial charge in [-0.25, -0.2) is 0 Å². The highest BCUT2D eigenvalue weighted by atomic mass is 16.5. The standard InChI is InChI=1S/C12H20N2O/c1-12(2,3)8-5-6-10(15-4)9(7-8)11(13)14/h5-7,11H,13-14H2,1-4H3. The van der Waals surface area contributed by atoms with E-state index >= 15 is 0 Å². The summed E-state index contributed by atoms with van der Waals surface area (Å²) in [5.41, 5.74) is 13.6. The summed E-state index contributed by atoms with van der Waals surface area (Å²) in [6, 6.07) is 5.98. The maximum absolute atomic E-state index is 5.70. The van der Waals surface area contributed by atoms with Gasteiger partial charge in [-0.2, -0.15) is 0 Å². The second kappa shape index (κ2) is 4.21. The van der Waals surface area contributed by atoms with Gasteiger partial charge < -0.3 is 16.2 Å². The Kier molecular flexibility index (Phi) is 3.37. The smallest absolute Gasteiger partial charge is 0.124 e. The van der Waals surface area contributed by atoms with E-state index in [2.05, 4.69) is 20.8 Å². The highest BCUT2D eigenvalue weighted by Gasteiger charge is 2.17. The molecule has 1 aromatic carbocycles. The molecular weight excluding hydrogens is 188 g/mol. The normalized spacial score (nSPS) is 11.9. The molecule has 0 atom stereocenters. The number of ether oxygens (including phenoxy) is 1. The molecule has 0 spiro atoms. The number of nitrogens with two attached hydrogens (primary N) is 2. The molecule has 0 bridgehead atoms. The van der Waals surface area contributed by atoms with Gasteiger partial charge in [0.25, 0.3) is 0 Å². The van der Waals surface area contributed by atoms with Gasteiger partial charge >= 0.3 is 0 Å². The van der Waals surface area contributed by atoms with Gasteiger partial charge in [0, 0.05) is 5.56 Å². The molecule has 0 aliphatic carbocycles. The van der Waals surface area contributed by atoms with E-state index < -0.39 is 6.17 Å². The van der Waals surface area contributed by atoms with Crippen LogP contribution in [0.1, 0.15) is 38.1 Å². The van der Waals surface area contributed by atoms with Crippen LogP contribution in [0.3, 0.4) is 0 Å². The monoisotopic (exact) mass is 208 g/mol. The molecule has 1 aromatic rings. The van der Waals surface area contributed by atoms with E-state index in [1.54, 1.807) is 7.11 Å². The van der Waals surface area contributed by atoms with Crippen LogP contribution in [0.2, 0.25) is 0 Å². The third-order valence-electron chi connectivity index (χ3n) is 2.45. The molecule has 0 unspecified atom stereocenters. The van der Waals surface area contributed by atoms with Gasteiger partial charge in [0.1, 0.15) is 5.75 Å². The molecule has 3 heteroatoms. The summed E-state index contributed by atoms with van der Waals surface area (Å²) in [7, 11) is 1.62. The Hall–Kier alpha value is -1.06. The highest BCUT2D eigenvalue weighted by Crippen LogP contribution is 2.29. The lowest BCUT2D eigenvalue weighted by molar-refractivity contribution is 0.405. The number of hydrogen-bond acceptors (Lipinski definition) is 3. The Morgan fingerprint density at radius 3 is 2.20 bits per heavy atom. The molecule has 0 heterocycles. The van der Waals surface area contributed by atoms with Crippen molar-refractivity contribution in [3.8, 4) is 5.75 Å². The van der Waals surface area contributed by atoms with Crippen molar-refractivity contribution in [3.63, 3.8) is 0 Å². The number of methoxy groups -OCH3 is 1. The minimum absolute atomic E-state index is 0.0932. The SMILES string of the molecule is COc1ccc(C(C)(C)C)cc1C(N)N. The lowest BCUT2D eigenvalue weighted by Crippen LogP contribution is -2.22. The molecular formula is C12H20N2O. The summed E-state index contributed by atoms with van der Waals surface area (Å²) in [5.74, 6) is 0.748. The van der Waals surface area contributed by atoms with Crippen molar-refractivity contribution in [2.24, 2.45) is 11.5 Å². The number of hydrogen-bond donors (Lipinski definition) is 2. The lowest BCUT2D eigenvalue weighted by Gasteiger charge is -2.22. The van der Waals surface area contributed by atoms with Crippen molar-refractivity contribution in [1.29, 1.82) is 0 Å². The molecule has 3 nitrogen and oxygen atoms in total. The van der Waals surface area contributed by atoms with Gasteiger partial charge in [-0.3, -0.25) is 0 Å². The van der Waals surface area contributed by atoms with E-state index in [0.717, 1.165) is 11.3 Å². The molecule has 0 amide bonds. The van der Waals surface area contributed by atoms with Gasteiger partial charge in [-0.05, 0) is 23.1 Å². The van der Waals surface area contributed by atoms with Crippen LogP contribution in [0.4, 0.5) is 0 Å². The van der Waals surface area contributed by atoms with Crippen LogP contribution >= 0.6 is 0 Å². The number of benzene rings is 1. The van der Waals surface area contributed by atoms with Crippen LogP contribution in [0.5, 0.6) is 5.75 Å². The van der Waals surface area contributed by atoms with Gasteiger partial charge in [0.15, 0.2) is 0 Å². The molecule has 84 valence electrons. The summed E-state index contributed by atoms with van der Waals surface area (Å²) in [6.07, 6.45) is -0.498. The van der Waals surface area contributed by atoms with Crippen molar-refractivity contribution in [2.75, 3.05) is 7.11 Å². The summed E-state index contributed by atoms with van der Waals surface area (Å²) >= 11 is 0. The Morgan fingerprint density at radius 2 is 1.80 bits per heavy atom. The second-order valence-corrected chi connectivity index (χ2v) is 4.73. The molecule has 4 N–H and O–H groups in total. The fraction of sp³-hybridized carbons (Fsp3) is 0.500. The zero-order valence-corrected chi connectivity index (χ0v) is 9.87. The minimum atomic E-state index is -0.498. The van der Waals surface area contributed by atoms with Crippen LogP contribution in [-0.4, -0.2) is 7.11 Å². The van der Waals surface area contributed by atoms with Crippen LogP contribution in [0.15, 0.2) is 18.2 Å². The van der Waals surface area contributed by atoms with Crippen molar-refractivity contribution in [2.45, 2.75) is 32.4 Å². The topological polar surface area (TPSA) is 61.3 Å². The minimum Gasteiger partial charge on any atom is -0.496 e. The van der Waals surface area contributed by atoms with Gasteiger partial charge in [0.2, 0.25) is 0 Å². The summed E-state index contributed by atoms with van der Waals surface area (Å²) in [6.45, 7) is 6.46. The molecule has 0 aliphatic heterocycles. The first-order valence-electron chi connectivity index (χ1n) is 5.06. The molecule has 0 aliphatic rings. The van der Waals surface area contributed by atoms with E-state index in [-0.39, 0.29) is 5.41 Å². The highest BCUT2D eigenvalue weighted by molar-refractivity contribution is 5.41. The third-order valence-corrected chi connectivity index (χ3v) is 2.45. The van der Waals surface area contributed by atoms with Crippen molar-refractivity contribution >= 4 is 0 Å². The number of rotatable bonds is 2. The average Bonchev–Trinajstić information content (AvgIpc) is 2.15. The Balaban J connectivity index is 3.22. The predicted octanol–water partition coefficient (Wildman–Crippen LogP) is 1.91. The Morgan fingerprint density at radius 1 is 1.20 bits per heavy atom. The van der Waals surface area contributed by atoms with Crippen LogP contribution < -0.4 is 16.2 Å². The Labute approximate surface area is 91.4 Å². The Bertz CT molecular complexity index is 340. The van der Waals surface area contributed by atoms with Crippen molar-refractivity contribution in [3.05, 3.63) is 29.3 Å². The van der Waals surface area contributed by atoms with E-state index in [1.807, 2.05) is 18.2 Å². The maximum Gasteiger partial charge on any atom is 0.124 e. The van der Waals surface area contributed by atoms with Crippen LogP contribution in [0, 0.1) is 0 Å². The first kappa shape index (κ1) is 12.0. The van der Waals surface area contributed by atoms with Crippen LogP contribution in [0.25, 0.3) is 0 Å². The van der Waals surface area contributed by atoms with E-state index in [4.69, 9.17) is 16.2 Å². The zero-order chi connectivity index (χ0) is 11.6. The van der Waals surface area contributed by atoms with Crippen molar-refractivity contribution in [1.82, 2.24) is 0 Å². The first-order valence-corrected chi connectivity index (χ1v) is 5.06. The van der Waals surface area contributed by atoms with Gasteiger partial charge in [-0.1, -0.05) is 26.8 Å². The molecule has 0 saturated carbocycles. The lowest BCUT2D eigenvalue weighted by atomic mass is 9.86. The molecule has 0 radical (unpaired) electrons. The summed E-state index contributed by atoms with van der Waals surface area (Å²) < 4.78 is 5.21. The van der Waals surface area contributed by atoms with E-state index in [0.29, 0.717) is 0 Å². The van der Waals surface area contributed by atoms with Crippen molar-refractivity contribution < 1.29 is 4.74 Å². The molecule has 0 saturated heterocycles. The average molecular weight is 208 g/mol. The maximum atomic E-state index is 5.70. The third kappa shape index (κ3) is 2.70. The molecule has 15 heavy (non-hydrogen) atoms.